The third-order valence-electron chi connectivity index (χ3n) is 12.4. The van der Waals surface area contributed by atoms with E-state index >= 15 is 0 Å². The van der Waals surface area contributed by atoms with E-state index in [0.29, 0.717) is 17.4 Å². The molecular weight excluding hydrogens is 880 g/mol. The Bertz CT molecular complexity index is 1370. The summed E-state index contributed by atoms with van der Waals surface area (Å²) in [4.78, 5) is 39.8. The van der Waals surface area contributed by atoms with Crippen LogP contribution >= 0.6 is 7.82 Å². The zero-order valence-electron chi connectivity index (χ0n) is 45.8. The zero-order chi connectivity index (χ0) is 50.8. The first-order valence-corrected chi connectivity index (χ1v) is 30.1. The summed E-state index contributed by atoms with van der Waals surface area (Å²) in [6, 6.07) is -0.901. The van der Waals surface area contributed by atoms with Crippen LogP contribution in [0.15, 0.2) is 60.8 Å². The molecule has 0 aliphatic rings. The quantitative estimate of drug-likeness (QED) is 0.0212. The molecule has 0 radical (unpaired) electrons. The minimum Gasteiger partial charge on any atom is -0.756 e. The first kappa shape index (κ1) is 66.7. The van der Waals surface area contributed by atoms with Gasteiger partial charge in [-0.05, 0) is 96.0 Å². The van der Waals surface area contributed by atoms with Crippen LogP contribution in [0, 0.1) is 0 Å². The van der Waals surface area contributed by atoms with Gasteiger partial charge in [0.25, 0.3) is 7.82 Å². The van der Waals surface area contributed by atoms with Crippen molar-refractivity contribution in [3.05, 3.63) is 60.8 Å². The van der Waals surface area contributed by atoms with Gasteiger partial charge in [-0.2, -0.15) is 0 Å². The van der Waals surface area contributed by atoms with E-state index in [9.17, 15) is 19.0 Å². The zero-order valence-corrected chi connectivity index (χ0v) is 46.7. The van der Waals surface area contributed by atoms with Gasteiger partial charge in [0.05, 0.1) is 33.8 Å². The first-order chi connectivity index (χ1) is 33.4. The van der Waals surface area contributed by atoms with Crippen molar-refractivity contribution in [2.45, 2.75) is 264 Å². The molecule has 0 aromatic heterocycles. The average molecular weight is 990 g/mol. The van der Waals surface area contributed by atoms with Crippen molar-refractivity contribution < 1.29 is 37.3 Å². The van der Waals surface area contributed by atoms with E-state index in [1.165, 1.54) is 122 Å². The van der Waals surface area contributed by atoms with Crippen LogP contribution in [0.4, 0.5) is 0 Å². The molecule has 0 saturated carbocycles. The lowest BCUT2D eigenvalue weighted by molar-refractivity contribution is -0.870. The van der Waals surface area contributed by atoms with Gasteiger partial charge in [-0.25, -0.2) is 0 Å². The van der Waals surface area contributed by atoms with E-state index in [1.54, 1.807) is 0 Å². The molecule has 0 bridgehead atoms. The Balaban J connectivity index is 5.37. The normalized spacial score (nSPS) is 14.2. The molecule has 0 rings (SSSR count). The molecular formula is C59H109N2O7P. The molecule has 3 atom stereocenters. The number of unbranched alkanes of at least 4 members (excludes halogenated alkanes) is 27. The van der Waals surface area contributed by atoms with Crippen molar-refractivity contribution in [3.8, 4) is 0 Å². The number of allylic oxidation sites excluding steroid dienone is 9. The Labute approximate surface area is 426 Å². The number of hydrogen-bond acceptors (Lipinski definition) is 7. The van der Waals surface area contributed by atoms with Crippen LogP contribution in [-0.2, 0) is 27.9 Å². The fraction of sp³-hybridized carbons (Fsp3) is 0.797. The molecule has 1 amide bonds. The molecule has 0 aliphatic heterocycles. The van der Waals surface area contributed by atoms with Crippen molar-refractivity contribution in [1.82, 2.24) is 5.32 Å². The largest absolute Gasteiger partial charge is 0.756 e. The van der Waals surface area contributed by atoms with Crippen LogP contribution in [0.3, 0.4) is 0 Å². The summed E-state index contributed by atoms with van der Waals surface area (Å²) in [6.45, 7) is 6.77. The SMILES string of the molecule is CCCCC/C=C\C/C=C\C/C=C\CCCCCCC(=O)NC(COP(=O)([O-])OCC[N+](C)(C)C)C(/C=C/CCCCCCCCCCC)OC(=O)CCCCCCCCC/C=C\CCCCCC. The summed E-state index contributed by atoms with van der Waals surface area (Å²) in [5.74, 6) is -0.571. The number of carbonyl (C=O) groups excluding carboxylic acids is 2. The highest BCUT2D eigenvalue weighted by molar-refractivity contribution is 7.45. The predicted molar refractivity (Wildman–Crippen MR) is 293 cm³/mol. The van der Waals surface area contributed by atoms with Gasteiger partial charge in [-0.3, -0.25) is 14.2 Å². The molecule has 0 saturated heterocycles. The summed E-state index contributed by atoms with van der Waals surface area (Å²) in [5, 5.41) is 3.00. The Hall–Kier alpha value is -2.29. The molecule has 10 heteroatoms. The molecule has 0 fully saturated rings. The molecule has 0 heterocycles. The number of amides is 1. The number of esters is 1. The highest BCUT2D eigenvalue weighted by atomic mass is 31.2. The smallest absolute Gasteiger partial charge is 0.306 e. The summed E-state index contributed by atoms with van der Waals surface area (Å²) < 4.78 is 30.2. The standard InChI is InChI=1S/C59H109N2O7P/c1-7-10-13-16-19-22-25-27-29-30-32-33-36-39-42-45-48-51-58(62)60-56(55-67-69(64,65)66-54-53-61(4,5)6)57(50-47-44-41-38-35-24-21-18-15-12-9-3)68-59(63)52-49-46-43-40-37-34-31-28-26-23-20-17-14-11-8-2/h19,22-23,26-27,29,32-33,47,50,56-57H,7-18,20-21,24-25,28,30-31,34-46,48-49,51-55H2,1-6H3,(H-,60,62,64,65)/b22-19-,26-23-,29-27-,33-32-,50-47+. The number of rotatable bonds is 51. The molecule has 402 valence electrons. The van der Waals surface area contributed by atoms with E-state index in [1.807, 2.05) is 33.3 Å². The van der Waals surface area contributed by atoms with Crippen molar-refractivity contribution in [3.63, 3.8) is 0 Å². The fourth-order valence-electron chi connectivity index (χ4n) is 7.93. The first-order valence-electron chi connectivity index (χ1n) is 28.6. The number of likely N-dealkylation sites (N-methyl/N-ethyl adjacent to an activating group) is 1. The van der Waals surface area contributed by atoms with E-state index in [-0.39, 0.29) is 31.3 Å². The number of ether oxygens (including phenoxy) is 1. The maximum atomic E-state index is 13.5. The minimum absolute atomic E-state index is 0.0288. The van der Waals surface area contributed by atoms with Gasteiger partial charge < -0.3 is 28.5 Å². The number of quaternary nitrogens is 1. The molecule has 69 heavy (non-hydrogen) atoms. The molecule has 3 unspecified atom stereocenters. The lowest BCUT2D eigenvalue weighted by Crippen LogP contribution is -2.47. The number of phosphoric ester groups is 1. The van der Waals surface area contributed by atoms with E-state index in [4.69, 9.17) is 13.8 Å². The molecule has 0 aromatic carbocycles. The fourth-order valence-corrected chi connectivity index (χ4v) is 8.66. The van der Waals surface area contributed by atoms with Gasteiger partial charge in [-0.1, -0.05) is 204 Å². The highest BCUT2D eigenvalue weighted by Gasteiger charge is 2.27. The second-order valence-electron chi connectivity index (χ2n) is 20.4. The number of nitrogens with one attached hydrogen (secondary N) is 1. The minimum atomic E-state index is -4.70. The monoisotopic (exact) mass is 989 g/mol. The van der Waals surface area contributed by atoms with Gasteiger partial charge in [-0.15, -0.1) is 0 Å². The van der Waals surface area contributed by atoms with Crippen LogP contribution in [0.2, 0.25) is 0 Å². The molecule has 9 nitrogen and oxygen atoms in total. The lowest BCUT2D eigenvalue weighted by atomic mass is 10.1. The Kier molecular flexibility index (Phi) is 47.7. The van der Waals surface area contributed by atoms with E-state index in [2.05, 4.69) is 74.7 Å². The van der Waals surface area contributed by atoms with Crippen molar-refractivity contribution in [2.75, 3.05) is 40.9 Å². The van der Waals surface area contributed by atoms with Crippen LogP contribution in [-0.4, -0.2) is 69.4 Å². The van der Waals surface area contributed by atoms with E-state index < -0.39 is 26.6 Å². The predicted octanol–water partition coefficient (Wildman–Crippen LogP) is 16.5. The highest BCUT2D eigenvalue weighted by Crippen LogP contribution is 2.38. The molecule has 0 aromatic rings. The number of phosphoric acid groups is 1. The number of carbonyl (C=O) groups is 2. The van der Waals surface area contributed by atoms with E-state index in [0.717, 1.165) is 89.9 Å². The summed E-state index contributed by atoms with van der Waals surface area (Å²) in [5.41, 5.74) is 0. The second-order valence-corrected chi connectivity index (χ2v) is 21.8. The van der Waals surface area contributed by atoms with Gasteiger partial charge in [0.1, 0.15) is 19.3 Å². The van der Waals surface area contributed by atoms with Crippen LogP contribution in [0.5, 0.6) is 0 Å². The van der Waals surface area contributed by atoms with Crippen LogP contribution < -0.4 is 10.2 Å². The Morgan fingerprint density at radius 3 is 1.38 bits per heavy atom. The van der Waals surface area contributed by atoms with Crippen LogP contribution in [0.1, 0.15) is 252 Å². The molecule has 0 aliphatic carbocycles. The lowest BCUT2D eigenvalue weighted by Gasteiger charge is -2.30. The molecule has 1 N–H and O–H groups in total. The van der Waals surface area contributed by atoms with Crippen molar-refractivity contribution >= 4 is 19.7 Å². The number of hydrogen-bond donors (Lipinski definition) is 1. The van der Waals surface area contributed by atoms with Gasteiger partial charge in [0, 0.05) is 12.8 Å². The van der Waals surface area contributed by atoms with Crippen molar-refractivity contribution in [2.24, 2.45) is 0 Å². The molecule has 0 spiro atoms. The maximum absolute atomic E-state index is 13.5. The Morgan fingerprint density at radius 2 is 0.884 bits per heavy atom. The Morgan fingerprint density at radius 1 is 0.507 bits per heavy atom. The third-order valence-corrected chi connectivity index (χ3v) is 13.4. The van der Waals surface area contributed by atoms with Gasteiger partial charge >= 0.3 is 5.97 Å². The topological polar surface area (TPSA) is 114 Å². The summed E-state index contributed by atoms with van der Waals surface area (Å²) in [6.07, 6.45) is 60.3. The third kappa shape index (κ3) is 50.4. The summed E-state index contributed by atoms with van der Waals surface area (Å²) >= 11 is 0. The maximum Gasteiger partial charge on any atom is 0.306 e. The van der Waals surface area contributed by atoms with Crippen molar-refractivity contribution in [1.29, 1.82) is 0 Å². The average Bonchev–Trinajstić information content (AvgIpc) is 3.31. The summed E-state index contributed by atoms with van der Waals surface area (Å²) in [7, 11) is 1.16. The van der Waals surface area contributed by atoms with Gasteiger partial charge in [0.15, 0.2) is 0 Å². The second kappa shape index (κ2) is 49.3. The van der Waals surface area contributed by atoms with Crippen LogP contribution in [0.25, 0.3) is 0 Å². The van der Waals surface area contributed by atoms with Gasteiger partial charge in [0.2, 0.25) is 5.91 Å². The number of nitrogens with zero attached hydrogens (tertiary/aromatic N) is 1.